The van der Waals surface area contributed by atoms with E-state index in [2.05, 4.69) is 34.8 Å². The van der Waals surface area contributed by atoms with Gasteiger partial charge < -0.3 is 9.14 Å². The summed E-state index contributed by atoms with van der Waals surface area (Å²) in [6.07, 6.45) is 5.41. The van der Waals surface area contributed by atoms with Gasteiger partial charge in [0.1, 0.15) is 11.8 Å². The van der Waals surface area contributed by atoms with Crippen molar-refractivity contribution in [2.45, 2.75) is 20.0 Å². The summed E-state index contributed by atoms with van der Waals surface area (Å²) in [6.45, 7) is 4.88. The SMILES string of the molecule is CC(C)COC(c1cc(Cl)c(Br)c(Cl)c1)c1ccn2ccnc2c1. The zero-order chi connectivity index (χ0) is 17.3. The molecule has 0 aliphatic carbocycles. The normalized spacial score (nSPS) is 12.9. The number of rotatable bonds is 5. The second kappa shape index (κ2) is 7.44. The van der Waals surface area contributed by atoms with Crippen molar-refractivity contribution in [1.82, 2.24) is 9.38 Å². The Hall–Kier alpha value is -1.07. The molecule has 126 valence electrons. The maximum Gasteiger partial charge on any atom is 0.137 e. The maximum atomic E-state index is 6.29. The van der Waals surface area contributed by atoms with Crippen molar-refractivity contribution < 1.29 is 4.74 Å². The number of aromatic nitrogens is 2. The largest absolute Gasteiger partial charge is 0.369 e. The third-order valence-electron chi connectivity index (χ3n) is 3.63. The summed E-state index contributed by atoms with van der Waals surface area (Å²) in [6, 6.07) is 7.83. The number of ether oxygens (including phenoxy) is 1. The van der Waals surface area contributed by atoms with Gasteiger partial charge in [0.2, 0.25) is 0 Å². The molecule has 24 heavy (non-hydrogen) atoms. The third kappa shape index (κ3) is 3.77. The summed E-state index contributed by atoms with van der Waals surface area (Å²) in [4.78, 5) is 4.35. The zero-order valence-electron chi connectivity index (χ0n) is 13.3. The van der Waals surface area contributed by atoms with Crippen LogP contribution in [0.25, 0.3) is 5.65 Å². The highest BCUT2D eigenvalue weighted by Crippen LogP contribution is 2.36. The lowest BCUT2D eigenvalue weighted by atomic mass is 10.0. The lowest BCUT2D eigenvalue weighted by molar-refractivity contribution is 0.0602. The molecule has 0 N–H and O–H groups in total. The molecule has 6 heteroatoms. The number of hydrogen-bond donors (Lipinski definition) is 0. The zero-order valence-corrected chi connectivity index (χ0v) is 16.4. The molecule has 0 radical (unpaired) electrons. The van der Waals surface area contributed by atoms with Crippen LogP contribution >= 0.6 is 39.1 Å². The Labute approximate surface area is 159 Å². The average Bonchev–Trinajstić information content (AvgIpc) is 3.00. The van der Waals surface area contributed by atoms with Gasteiger partial charge in [0.05, 0.1) is 21.1 Å². The van der Waals surface area contributed by atoms with Gasteiger partial charge in [-0.2, -0.15) is 0 Å². The number of hydrogen-bond acceptors (Lipinski definition) is 2. The fourth-order valence-electron chi connectivity index (χ4n) is 2.49. The van der Waals surface area contributed by atoms with Crippen molar-refractivity contribution in [2.24, 2.45) is 5.92 Å². The molecule has 3 nitrogen and oxygen atoms in total. The summed E-state index contributed by atoms with van der Waals surface area (Å²) in [7, 11) is 0. The number of fused-ring (bicyclic) bond motifs is 1. The number of halogens is 3. The molecule has 0 bridgehead atoms. The van der Waals surface area contributed by atoms with E-state index in [1.54, 1.807) is 6.20 Å². The molecular formula is C18H17BrCl2N2O. The van der Waals surface area contributed by atoms with Crippen LogP contribution in [0.1, 0.15) is 31.1 Å². The quantitative estimate of drug-likeness (QED) is 0.455. The van der Waals surface area contributed by atoms with Crippen molar-refractivity contribution in [3.05, 3.63) is 68.5 Å². The Morgan fingerprint density at radius 3 is 2.50 bits per heavy atom. The first-order valence-corrected chi connectivity index (χ1v) is 9.19. The Kier molecular flexibility index (Phi) is 5.50. The highest BCUT2D eigenvalue weighted by molar-refractivity contribution is 9.10. The van der Waals surface area contributed by atoms with E-state index in [1.807, 2.05) is 41.1 Å². The summed E-state index contributed by atoms with van der Waals surface area (Å²) in [5.74, 6) is 0.420. The fourth-order valence-corrected chi connectivity index (χ4v) is 3.22. The molecule has 3 rings (SSSR count). The van der Waals surface area contributed by atoms with E-state index in [1.165, 1.54) is 0 Å². The summed E-state index contributed by atoms with van der Waals surface area (Å²) >= 11 is 16.0. The number of pyridine rings is 1. The molecule has 0 amide bonds. The predicted molar refractivity (Wildman–Crippen MR) is 102 cm³/mol. The molecule has 1 unspecified atom stereocenters. The van der Waals surface area contributed by atoms with Gasteiger partial charge in [-0.1, -0.05) is 37.0 Å². The summed E-state index contributed by atoms with van der Waals surface area (Å²) < 4.78 is 8.84. The molecule has 2 aromatic heterocycles. The molecule has 3 aromatic rings. The molecule has 0 saturated heterocycles. The second-order valence-electron chi connectivity index (χ2n) is 6.06. The Balaban J connectivity index is 2.05. The first-order chi connectivity index (χ1) is 11.5. The van der Waals surface area contributed by atoms with E-state index in [9.17, 15) is 0 Å². The maximum absolute atomic E-state index is 6.29. The molecule has 0 aliphatic heterocycles. The predicted octanol–water partition coefficient (Wildman–Crippen LogP) is 6.17. The van der Waals surface area contributed by atoms with E-state index >= 15 is 0 Å². The summed E-state index contributed by atoms with van der Waals surface area (Å²) in [5, 5.41) is 1.13. The van der Waals surface area contributed by atoms with Crippen molar-refractivity contribution in [3.8, 4) is 0 Å². The highest BCUT2D eigenvalue weighted by atomic mass is 79.9. The van der Waals surface area contributed by atoms with Crippen LogP contribution in [0.3, 0.4) is 0 Å². The first kappa shape index (κ1) is 17.7. The van der Waals surface area contributed by atoms with Crippen LogP contribution in [0.5, 0.6) is 0 Å². The van der Waals surface area contributed by atoms with Crippen LogP contribution in [0.2, 0.25) is 10.0 Å². The first-order valence-electron chi connectivity index (χ1n) is 7.64. The van der Waals surface area contributed by atoms with Crippen LogP contribution in [0.4, 0.5) is 0 Å². The van der Waals surface area contributed by atoms with E-state index in [4.69, 9.17) is 27.9 Å². The van der Waals surface area contributed by atoms with E-state index in [0.717, 1.165) is 16.8 Å². The van der Waals surface area contributed by atoms with Crippen molar-refractivity contribution in [2.75, 3.05) is 6.61 Å². The molecule has 0 aliphatic rings. The van der Waals surface area contributed by atoms with Gasteiger partial charge >= 0.3 is 0 Å². The van der Waals surface area contributed by atoms with E-state index in [0.29, 0.717) is 27.0 Å². The molecule has 0 saturated carbocycles. The van der Waals surface area contributed by atoms with Crippen molar-refractivity contribution >= 4 is 44.8 Å². The topological polar surface area (TPSA) is 26.5 Å². The minimum atomic E-state index is -0.253. The number of imidazole rings is 1. The fraction of sp³-hybridized carbons (Fsp3) is 0.278. The molecule has 0 spiro atoms. The van der Waals surface area contributed by atoms with Gasteiger partial charge in [-0.25, -0.2) is 4.98 Å². The molecule has 1 atom stereocenters. The van der Waals surface area contributed by atoms with Crippen molar-refractivity contribution in [1.29, 1.82) is 0 Å². The standard InChI is InChI=1S/C18H17BrCl2N2O/c1-11(2)10-24-18(13-7-14(20)17(19)15(21)8-13)12-3-5-23-6-4-22-16(23)9-12/h3-9,11,18H,10H2,1-2H3. The Morgan fingerprint density at radius 2 is 1.83 bits per heavy atom. The van der Waals surface area contributed by atoms with Gasteiger partial charge in [-0.3, -0.25) is 0 Å². The average molecular weight is 428 g/mol. The molecule has 1 aromatic carbocycles. The van der Waals surface area contributed by atoms with Crippen LogP contribution in [-0.4, -0.2) is 16.0 Å². The van der Waals surface area contributed by atoms with Crippen LogP contribution in [-0.2, 0) is 4.74 Å². The van der Waals surface area contributed by atoms with Gasteiger partial charge in [-0.05, 0) is 57.2 Å². The summed E-state index contributed by atoms with van der Waals surface area (Å²) in [5.41, 5.74) is 2.81. The van der Waals surface area contributed by atoms with Gasteiger partial charge in [0, 0.05) is 18.6 Å². The van der Waals surface area contributed by atoms with E-state index < -0.39 is 0 Å². The Morgan fingerprint density at radius 1 is 1.12 bits per heavy atom. The van der Waals surface area contributed by atoms with Gasteiger partial charge in [0.25, 0.3) is 0 Å². The number of benzene rings is 1. The minimum Gasteiger partial charge on any atom is -0.369 e. The minimum absolute atomic E-state index is 0.253. The van der Waals surface area contributed by atoms with Gasteiger partial charge in [0.15, 0.2) is 0 Å². The lowest BCUT2D eigenvalue weighted by Gasteiger charge is -2.21. The third-order valence-corrected chi connectivity index (χ3v) is 5.54. The molecule has 2 heterocycles. The number of nitrogens with zero attached hydrogens (tertiary/aromatic N) is 2. The van der Waals surface area contributed by atoms with Crippen LogP contribution < -0.4 is 0 Å². The Bertz CT molecular complexity index is 840. The second-order valence-corrected chi connectivity index (χ2v) is 7.67. The van der Waals surface area contributed by atoms with Crippen LogP contribution in [0.15, 0.2) is 47.3 Å². The smallest absolute Gasteiger partial charge is 0.137 e. The molecule has 0 fully saturated rings. The van der Waals surface area contributed by atoms with Crippen molar-refractivity contribution in [3.63, 3.8) is 0 Å². The van der Waals surface area contributed by atoms with E-state index in [-0.39, 0.29) is 6.10 Å². The lowest BCUT2D eigenvalue weighted by Crippen LogP contribution is -2.11. The monoisotopic (exact) mass is 426 g/mol. The highest BCUT2D eigenvalue weighted by Gasteiger charge is 2.19. The van der Waals surface area contributed by atoms with Gasteiger partial charge in [-0.15, -0.1) is 0 Å². The molecular weight excluding hydrogens is 411 g/mol. The van der Waals surface area contributed by atoms with Crippen LogP contribution in [0, 0.1) is 5.92 Å².